The van der Waals surface area contributed by atoms with Crippen LogP contribution in [0.3, 0.4) is 0 Å². The van der Waals surface area contributed by atoms with Gasteiger partial charge >= 0.3 is 5.97 Å². The third-order valence-corrected chi connectivity index (χ3v) is 6.19. The third-order valence-electron chi connectivity index (χ3n) is 4.81. The van der Waals surface area contributed by atoms with E-state index in [9.17, 15) is 18.0 Å². The monoisotopic (exact) mass is 493 g/mol. The van der Waals surface area contributed by atoms with E-state index >= 15 is 0 Å². The summed E-state index contributed by atoms with van der Waals surface area (Å²) in [4.78, 5) is 24.3. The molecule has 0 fully saturated rings. The highest BCUT2D eigenvalue weighted by atomic mass is 32.2. The number of benzene rings is 3. The van der Waals surface area contributed by atoms with Crippen LogP contribution in [0.15, 0.2) is 71.6 Å². The number of carbonyl (C=O) groups is 2. The molecule has 1 amide bonds. The first-order valence-corrected chi connectivity index (χ1v) is 11.8. The second-order valence-electron chi connectivity index (χ2n) is 7.31. The molecule has 35 heavy (non-hydrogen) atoms. The lowest BCUT2D eigenvalue weighted by Crippen LogP contribution is -2.21. The average Bonchev–Trinajstić information content (AvgIpc) is 2.87. The smallest absolute Gasteiger partial charge is 0.338 e. The topological polar surface area (TPSA) is 144 Å². The molecule has 2 N–H and O–H groups in total. The van der Waals surface area contributed by atoms with E-state index in [1.807, 2.05) is 6.07 Å². The summed E-state index contributed by atoms with van der Waals surface area (Å²) in [5.41, 5.74) is 1.14. The summed E-state index contributed by atoms with van der Waals surface area (Å²) in [6, 6.07) is 18.1. The predicted octanol–water partition coefficient (Wildman–Crippen LogP) is 2.93. The Morgan fingerprint density at radius 2 is 1.69 bits per heavy atom. The number of nitrogens with one attached hydrogen (secondary N) is 2. The summed E-state index contributed by atoms with van der Waals surface area (Å²) in [5.74, 6) is -0.508. The van der Waals surface area contributed by atoms with Gasteiger partial charge in [0.05, 0.1) is 22.1 Å². The number of anilines is 2. The van der Waals surface area contributed by atoms with Crippen molar-refractivity contribution in [2.75, 3.05) is 29.9 Å². The predicted molar refractivity (Wildman–Crippen MR) is 125 cm³/mol. The largest absolute Gasteiger partial charge is 0.486 e. The van der Waals surface area contributed by atoms with E-state index in [4.69, 9.17) is 19.5 Å². The Kier molecular flexibility index (Phi) is 6.84. The number of carbonyl (C=O) groups excluding carboxylic acids is 2. The quantitative estimate of drug-likeness (QED) is 0.478. The zero-order valence-corrected chi connectivity index (χ0v) is 19.0. The normalized spacial score (nSPS) is 12.2. The SMILES string of the molecule is N#Cc1cccc(NC(=O)COC(=O)c2ccc(NS(=O)(=O)c3ccc4c(c3)OCCO4)cc2)c1. The fourth-order valence-electron chi connectivity index (χ4n) is 3.16. The van der Waals surface area contributed by atoms with Crippen LogP contribution < -0.4 is 19.5 Å². The Morgan fingerprint density at radius 3 is 2.43 bits per heavy atom. The van der Waals surface area contributed by atoms with Crippen molar-refractivity contribution in [3.8, 4) is 17.6 Å². The van der Waals surface area contributed by atoms with Gasteiger partial charge in [0.25, 0.3) is 15.9 Å². The molecular weight excluding hydrogens is 474 g/mol. The van der Waals surface area contributed by atoms with E-state index in [-0.39, 0.29) is 16.1 Å². The van der Waals surface area contributed by atoms with Crippen molar-refractivity contribution in [1.29, 1.82) is 5.26 Å². The second kappa shape index (κ2) is 10.1. The van der Waals surface area contributed by atoms with Gasteiger partial charge in [-0.2, -0.15) is 5.26 Å². The number of sulfonamides is 1. The molecule has 178 valence electrons. The van der Waals surface area contributed by atoms with Crippen LogP contribution in [-0.2, 0) is 19.6 Å². The Balaban J connectivity index is 1.33. The lowest BCUT2D eigenvalue weighted by atomic mass is 10.2. The number of rotatable bonds is 7. The summed E-state index contributed by atoms with van der Waals surface area (Å²) in [7, 11) is -3.91. The Bertz CT molecular complexity index is 1410. The van der Waals surface area contributed by atoms with Crippen LogP contribution in [-0.4, -0.2) is 40.1 Å². The number of fused-ring (bicyclic) bond motifs is 1. The molecule has 0 saturated heterocycles. The molecule has 0 atom stereocenters. The number of nitriles is 1. The van der Waals surface area contributed by atoms with E-state index < -0.39 is 28.5 Å². The Hall–Kier alpha value is -4.56. The average molecular weight is 493 g/mol. The minimum absolute atomic E-state index is 0.00319. The molecule has 1 heterocycles. The maximum absolute atomic E-state index is 12.7. The van der Waals surface area contributed by atoms with E-state index in [1.165, 1.54) is 48.5 Å². The lowest BCUT2D eigenvalue weighted by Gasteiger charge is -2.19. The van der Waals surface area contributed by atoms with E-state index in [2.05, 4.69) is 10.0 Å². The molecule has 0 saturated carbocycles. The second-order valence-corrected chi connectivity index (χ2v) is 8.99. The summed E-state index contributed by atoms with van der Waals surface area (Å²) < 4.78 is 43.7. The van der Waals surface area contributed by atoms with Crippen molar-refractivity contribution in [2.24, 2.45) is 0 Å². The van der Waals surface area contributed by atoms with Gasteiger partial charge in [0, 0.05) is 17.4 Å². The first-order chi connectivity index (χ1) is 16.8. The van der Waals surface area contributed by atoms with E-state index in [1.54, 1.807) is 18.2 Å². The summed E-state index contributed by atoms with van der Waals surface area (Å²) in [6.45, 7) is 0.193. The molecule has 11 heteroatoms. The molecule has 0 aromatic heterocycles. The number of hydrogen-bond donors (Lipinski definition) is 2. The lowest BCUT2D eigenvalue weighted by molar-refractivity contribution is -0.119. The van der Waals surface area contributed by atoms with Crippen molar-refractivity contribution < 1.29 is 32.2 Å². The van der Waals surface area contributed by atoms with Gasteiger partial charge < -0.3 is 19.5 Å². The van der Waals surface area contributed by atoms with Crippen LogP contribution in [0.1, 0.15) is 15.9 Å². The van der Waals surface area contributed by atoms with Gasteiger partial charge in [-0.25, -0.2) is 13.2 Å². The Morgan fingerprint density at radius 1 is 0.943 bits per heavy atom. The zero-order chi connectivity index (χ0) is 24.8. The van der Waals surface area contributed by atoms with Gasteiger partial charge in [0.1, 0.15) is 13.2 Å². The van der Waals surface area contributed by atoms with Gasteiger partial charge in [-0.3, -0.25) is 9.52 Å². The van der Waals surface area contributed by atoms with E-state index in [0.29, 0.717) is 36.0 Å². The number of ether oxygens (including phenoxy) is 3. The zero-order valence-electron chi connectivity index (χ0n) is 18.2. The molecule has 4 rings (SSSR count). The molecule has 1 aliphatic heterocycles. The summed E-state index contributed by atoms with van der Waals surface area (Å²) in [6.07, 6.45) is 0. The van der Waals surface area contributed by atoms with Crippen LogP contribution in [0.2, 0.25) is 0 Å². The van der Waals surface area contributed by atoms with Crippen molar-refractivity contribution in [1.82, 2.24) is 0 Å². The molecule has 3 aromatic rings. The number of hydrogen-bond acceptors (Lipinski definition) is 8. The van der Waals surface area contributed by atoms with Crippen molar-refractivity contribution in [3.63, 3.8) is 0 Å². The van der Waals surface area contributed by atoms with Crippen molar-refractivity contribution >= 4 is 33.3 Å². The number of amides is 1. The third kappa shape index (κ3) is 5.87. The van der Waals surface area contributed by atoms with Crippen LogP contribution >= 0.6 is 0 Å². The van der Waals surface area contributed by atoms with Crippen LogP contribution in [0.25, 0.3) is 0 Å². The fraction of sp³-hybridized carbons (Fsp3) is 0.125. The molecule has 0 unspecified atom stereocenters. The highest BCUT2D eigenvalue weighted by molar-refractivity contribution is 7.92. The highest BCUT2D eigenvalue weighted by Crippen LogP contribution is 2.32. The van der Waals surface area contributed by atoms with Crippen LogP contribution in [0.4, 0.5) is 11.4 Å². The maximum atomic E-state index is 12.7. The highest BCUT2D eigenvalue weighted by Gasteiger charge is 2.20. The standard InChI is InChI=1S/C24H19N3O7S/c25-14-16-2-1-3-19(12-16)26-23(28)15-34-24(29)17-4-6-18(7-5-17)27-35(30,31)20-8-9-21-22(13-20)33-11-10-32-21/h1-9,12-13,27H,10-11,15H2,(H,26,28). The first-order valence-electron chi connectivity index (χ1n) is 10.3. The molecular formula is C24H19N3O7S. The van der Waals surface area contributed by atoms with Gasteiger partial charge in [-0.05, 0) is 54.6 Å². The molecule has 1 aliphatic rings. The van der Waals surface area contributed by atoms with Crippen LogP contribution in [0, 0.1) is 11.3 Å². The van der Waals surface area contributed by atoms with E-state index in [0.717, 1.165) is 0 Å². The number of esters is 1. The molecule has 0 spiro atoms. The summed E-state index contributed by atoms with van der Waals surface area (Å²) >= 11 is 0. The van der Waals surface area contributed by atoms with Gasteiger partial charge in [0.2, 0.25) is 0 Å². The van der Waals surface area contributed by atoms with Gasteiger partial charge in [-0.1, -0.05) is 6.07 Å². The summed E-state index contributed by atoms with van der Waals surface area (Å²) in [5, 5.41) is 11.4. The van der Waals surface area contributed by atoms with Gasteiger partial charge in [0.15, 0.2) is 18.1 Å². The maximum Gasteiger partial charge on any atom is 0.338 e. The first kappa shape index (κ1) is 23.6. The minimum Gasteiger partial charge on any atom is -0.486 e. The van der Waals surface area contributed by atoms with Crippen molar-refractivity contribution in [3.05, 3.63) is 77.9 Å². The number of nitrogens with zero attached hydrogens (tertiary/aromatic N) is 1. The molecule has 0 aliphatic carbocycles. The molecule has 10 nitrogen and oxygen atoms in total. The van der Waals surface area contributed by atoms with Crippen molar-refractivity contribution in [2.45, 2.75) is 4.90 Å². The van der Waals surface area contributed by atoms with Crippen LogP contribution in [0.5, 0.6) is 11.5 Å². The Labute approximate surface area is 201 Å². The van der Waals surface area contributed by atoms with Gasteiger partial charge in [-0.15, -0.1) is 0 Å². The fourth-order valence-corrected chi connectivity index (χ4v) is 4.23. The molecule has 0 bridgehead atoms. The minimum atomic E-state index is -3.91. The molecule has 3 aromatic carbocycles. The molecule has 0 radical (unpaired) electrons.